The van der Waals surface area contributed by atoms with Crippen molar-refractivity contribution in [3.63, 3.8) is 0 Å². The molecule has 0 spiro atoms. The van der Waals surface area contributed by atoms with Gasteiger partial charge in [-0.1, -0.05) is 42.5 Å². The molecule has 0 saturated carbocycles. The lowest BCUT2D eigenvalue weighted by Gasteiger charge is -2.45. The van der Waals surface area contributed by atoms with Gasteiger partial charge < -0.3 is 9.64 Å². The monoisotopic (exact) mass is 364 g/mol. The molecule has 1 heterocycles. The fourth-order valence-corrected chi connectivity index (χ4v) is 4.18. The van der Waals surface area contributed by atoms with Gasteiger partial charge in [-0.2, -0.15) is 0 Å². The molecular formula is C24H32N2O. The molecule has 1 aliphatic rings. The maximum absolute atomic E-state index is 6.01. The largest absolute Gasteiger partial charge is 0.378 e. The maximum atomic E-state index is 6.01. The van der Waals surface area contributed by atoms with E-state index in [1.54, 1.807) is 0 Å². The predicted octanol–water partition coefficient (Wildman–Crippen LogP) is 5.09. The third-order valence-corrected chi connectivity index (χ3v) is 5.59. The predicted molar refractivity (Wildman–Crippen MR) is 115 cm³/mol. The Kier molecular flexibility index (Phi) is 6.01. The summed E-state index contributed by atoms with van der Waals surface area (Å²) in [7, 11) is 4.11. The summed E-state index contributed by atoms with van der Waals surface area (Å²) in [5, 5.41) is 0. The van der Waals surface area contributed by atoms with E-state index in [4.69, 9.17) is 9.73 Å². The molecule has 2 aromatic rings. The number of ether oxygens (including phenoxy) is 1. The molecule has 0 aromatic heterocycles. The minimum atomic E-state index is -0.0835. The Morgan fingerprint density at radius 1 is 1.04 bits per heavy atom. The van der Waals surface area contributed by atoms with Gasteiger partial charge in [-0.15, -0.1) is 0 Å². The molecular weight excluding hydrogens is 332 g/mol. The van der Waals surface area contributed by atoms with E-state index >= 15 is 0 Å². The second kappa shape index (κ2) is 8.26. The number of hydrogen-bond donors (Lipinski definition) is 0. The van der Waals surface area contributed by atoms with Gasteiger partial charge in [0, 0.05) is 44.6 Å². The lowest BCUT2D eigenvalue weighted by atomic mass is 9.67. The van der Waals surface area contributed by atoms with E-state index in [0.717, 1.165) is 38.0 Å². The number of anilines is 1. The highest BCUT2D eigenvalue weighted by Gasteiger charge is 2.41. The van der Waals surface area contributed by atoms with Crippen molar-refractivity contribution in [3.05, 3.63) is 65.7 Å². The molecule has 0 aliphatic carbocycles. The van der Waals surface area contributed by atoms with Crippen LogP contribution in [0.1, 0.15) is 44.2 Å². The van der Waals surface area contributed by atoms with Crippen LogP contribution in [-0.2, 0) is 10.2 Å². The van der Waals surface area contributed by atoms with Gasteiger partial charge in [-0.3, -0.25) is 4.99 Å². The number of nitrogens with zero attached hydrogens (tertiary/aromatic N) is 2. The lowest BCUT2D eigenvalue weighted by Crippen LogP contribution is -2.44. The topological polar surface area (TPSA) is 24.8 Å². The molecule has 0 N–H and O–H groups in total. The Morgan fingerprint density at radius 2 is 1.74 bits per heavy atom. The zero-order valence-corrected chi connectivity index (χ0v) is 17.1. The average molecular weight is 365 g/mol. The van der Waals surface area contributed by atoms with Crippen molar-refractivity contribution in [2.24, 2.45) is 4.99 Å². The molecule has 0 radical (unpaired) electrons. The summed E-state index contributed by atoms with van der Waals surface area (Å²) in [4.78, 5) is 6.86. The summed E-state index contributed by atoms with van der Waals surface area (Å²) in [6.07, 6.45) is 5.16. The first-order chi connectivity index (χ1) is 12.9. The summed E-state index contributed by atoms with van der Waals surface area (Å²) in [5.41, 5.74) is 3.85. The number of aliphatic imine (C=N–C) groups is 1. The van der Waals surface area contributed by atoms with Gasteiger partial charge in [0.15, 0.2) is 0 Å². The van der Waals surface area contributed by atoms with E-state index in [1.807, 2.05) is 6.21 Å². The molecule has 1 aliphatic heterocycles. The van der Waals surface area contributed by atoms with E-state index in [0.29, 0.717) is 0 Å². The smallest absolute Gasteiger partial charge is 0.0635 e. The second-order valence-corrected chi connectivity index (χ2v) is 8.45. The van der Waals surface area contributed by atoms with Crippen molar-refractivity contribution < 1.29 is 4.74 Å². The number of rotatable bonds is 6. The van der Waals surface area contributed by atoms with Gasteiger partial charge in [0.2, 0.25) is 0 Å². The Morgan fingerprint density at radius 3 is 2.37 bits per heavy atom. The third kappa shape index (κ3) is 4.98. The standard InChI is InChI=1S/C24H32N2O/c1-23(2)19-24(15-17-27-23,21-8-6-5-7-9-21)14-16-25-18-20-10-12-22(13-11-20)26(3)4/h5-13,18H,14-17,19H2,1-4H3/t24-/m0/s1. The maximum Gasteiger partial charge on any atom is 0.0635 e. The minimum Gasteiger partial charge on any atom is -0.378 e. The average Bonchev–Trinajstić information content (AvgIpc) is 2.65. The van der Waals surface area contributed by atoms with Crippen LogP contribution in [0.5, 0.6) is 0 Å². The van der Waals surface area contributed by atoms with Crippen molar-refractivity contribution in [1.29, 1.82) is 0 Å². The van der Waals surface area contributed by atoms with E-state index in [-0.39, 0.29) is 11.0 Å². The van der Waals surface area contributed by atoms with Crippen molar-refractivity contribution in [2.45, 2.75) is 44.1 Å². The van der Waals surface area contributed by atoms with Crippen LogP contribution in [0.4, 0.5) is 5.69 Å². The molecule has 3 heteroatoms. The molecule has 0 bridgehead atoms. The highest BCUT2D eigenvalue weighted by atomic mass is 16.5. The van der Waals surface area contributed by atoms with Crippen LogP contribution >= 0.6 is 0 Å². The SMILES string of the molecule is CN(C)c1ccc(C=NCC[C@]2(c3ccccc3)CCOC(C)(C)C2)cc1. The van der Waals surface area contributed by atoms with Crippen molar-refractivity contribution in [3.8, 4) is 0 Å². The lowest BCUT2D eigenvalue weighted by molar-refractivity contribution is -0.0836. The quantitative estimate of drug-likeness (QED) is 0.667. The van der Waals surface area contributed by atoms with Gasteiger partial charge in [0.05, 0.1) is 5.60 Å². The number of benzene rings is 2. The van der Waals surface area contributed by atoms with Crippen LogP contribution < -0.4 is 4.90 Å². The molecule has 1 fully saturated rings. The minimum absolute atomic E-state index is 0.0835. The Bertz CT molecular complexity index is 750. The van der Waals surface area contributed by atoms with E-state index in [2.05, 4.69) is 87.4 Å². The summed E-state index contributed by atoms with van der Waals surface area (Å²) in [6.45, 7) is 6.07. The molecule has 27 heavy (non-hydrogen) atoms. The first kappa shape index (κ1) is 19.6. The molecule has 144 valence electrons. The molecule has 3 nitrogen and oxygen atoms in total. The highest BCUT2D eigenvalue weighted by Crippen LogP contribution is 2.43. The Labute approximate surface area is 164 Å². The van der Waals surface area contributed by atoms with Crippen molar-refractivity contribution in [2.75, 3.05) is 32.1 Å². The Hall–Kier alpha value is -2.13. The van der Waals surface area contributed by atoms with E-state index in [1.165, 1.54) is 11.3 Å². The fraction of sp³-hybridized carbons (Fsp3) is 0.458. The second-order valence-electron chi connectivity index (χ2n) is 8.45. The van der Waals surface area contributed by atoms with Gasteiger partial charge in [0.25, 0.3) is 0 Å². The first-order valence-corrected chi connectivity index (χ1v) is 9.87. The zero-order chi connectivity index (χ0) is 19.3. The molecule has 1 saturated heterocycles. The van der Waals surface area contributed by atoms with E-state index < -0.39 is 0 Å². The molecule has 1 atom stereocenters. The molecule has 0 unspecified atom stereocenters. The van der Waals surface area contributed by atoms with E-state index in [9.17, 15) is 0 Å². The van der Waals surface area contributed by atoms with Crippen LogP contribution in [0.15, 0.2) is 59.6 Å². The summed E-state index contributed by atoms with van der Waals surface area (Å²) < 4.78 is 6.01. The van der Waals surface area contributed by atoms with Gasteiger partial charge in [0.1, 0.15) is 0 Å². The molecule has 3 rings (SSSR count). The number of hydrogen-bond acceptors (Lipinski definition) is 3. The molecule has 2 aromatic carbocycles. The van der Waals surface area contributed by atoms with Crippen molar-refractivity contribution >= 4 is 11.9 Å². The summed E-state index contributed by atoms with van der Waals surface area (Å²) in [6, 6.07) is 19.5. The van der Waals surface area contributed by atoms with Crippen LogP contribution in [0.3, 0.4) is 0 Å². The fourth-order valence-electron chi connectivity index (χ4n) is 4.18. The van der Waals surface area contributed by atoms with Crippen LogP contribution in [0.2, 0.25) is 0 Å². The zero-order valence-electron chi connectivity index (χ0n) is 17.1. The summed E-state index contributed by atoms with van der Waals surface area (Å²) in [5.74, 6) is 0. The van der Waals surface area contributed by atoms with Crippen LogP contribution in [0, 0.1) is 0 Å². The van der Waals surface area contributed by atoms with Gasteiger partial charge in [-0.05, 0) is 56.4 Å². The van der Waals surface area contributed by atoms with Gasteiger partial charge in [-0.25, -0.2) is 0 Å². The van der Waals surface area contributed by atoms with Crippen LogP contribution in [0.25, 0.3) is 0 Å². The normalized spacial score (nSPS) is 22.1. The third-order valence-electron chi connectivity index (χ3n) is 5.59. The molecule has 0 amide bonds. The highest BCUT2D eigenvalue weighted by molar-refractivity contribution is 5.80. The summed E-state index contributed by atoms with van der Waals surface area (Å²) >= 11 is 0. The Balaban J connectivity index is 1.70. The van der Waals surface area contributed by atoms with Crippen LogP contribution in [-0.4, -0.2) is 39.1 Å². The van der Waals surface area contributed by atoms with Crippen molar-refractivity contribution in [1.82, 2.24) is 0 Å². The first-order valence-electron chi connectivity index (χ1n) is 9.87. The van der Waals surface area contributed by atoms with Gasteiger partial charge >= 0.3 is 0 Å².